The molecule has 31 heavy (non-hydrogen) atoms. The predicted octanol–water partition coefficient (Wildman–Crippen LogP) is 4.17. The average Bonchev–Trinajstić information content (AvgIpc) is 3.11. The molecule has 0 spiro atoms. The van der Waals surface area contributed by atoms with Crippen molar-refractivity contribution in [2.75, 3.05) is 13.1 Å². The Hall–Kier alpha value is -2.67. The van der Waals surface area contributed by atoms with E-state index in [1.807, 2.05) is 45.9 Å². The number of imidazole rings is 1. The van der Waals surface area contributed by atoms with Crippen LogP contribution >= 0.6 is 15.9 Å². The predicted molar refractivity (Wildman–Crippen MR) is 125 cm³/mol. The number of piperidine rings is 1. The van der Waals surface area contributed by atoms with Crippen molar-refractivity contribution < 1.29 is 9.59 Å². The van der Waals surface area contributed by atoms with E-state index in [1.165, 1.54) is 6.42 Å². The van der Waals surface area contributed by atoms with Crippen LogP contribution in [0.15, 0.2) is 53.0 Å². The van der Waals surface area contributed by atoms with Crippen LogP contribution in [0.3, 0.4) is 0 Å². The summed E-state index contributed by atoms with van der Waals surface area (Å²) in [5.74, 6) is 0.833. The van der Waals surface area contributed by atoms with Crippen LogP contribution in [0.1, 0.15) is 42.4 Å². The Bertz CT molecular complexity index is 1080. The van der Waals surface area contributed by atoms with E-state index in [4.69, 9.17) is 4.98 Å². The molecule has 1 fully saturated rings. The largest absolute Gasteiger partial charge is 0.352 e. The first-order valence-electron chi connectivity index (χ1n) is 10.8. The first-order chi connectivity index (χ1) is 15.0. The molecule has 1 aliphatic rings. The Morgan fingerprint density at radius 2 is 1.90 bits per heavy atom. The standard InChI is InChI=1S/C24H27BrN4O2/c1-17-6-4-5-15-28(17)23(30)16-29-21-8-3-2-7-20(21)27-22(29)13-14-26-24(31)18-9-11-19(25)12-10-18/h2-3,7-12,17H,4-6,13-16H2,1H3,(H,26,31). The summed E-state index contributed by atoms with van der Waals surface area (Å²) < 4.78 is 2.94. The molecular formula is C24H27BrN4O2. The number of halogens is 1. The Labute approximate surface area is 190 Å². The number of para-hydroxylation sites is 2. The van der Waals surface area contributed by atoms with Gasteiger partial charge in [0.15, 0.2) is 0 Å². The second-order valence-corrected chi connectivity index (χ2v) is 8.96. The maximum atomic E-state index is 13.1. The maximum Gasteiger partial charge on any atom is 0.251 e. The second kappa shape index (κ2) is 9.64. The number of carbonyl (C=O) groups excluding carboxylic acids is 2. The van der Waals surface area contributed by atoms with Crippen LogP contribution in [-0.2, 0) is 17.8 Å². The summed E-state index contributed by atoms with van der Waals surface area (Å²) in [7, 11) is 0. The fourth-order valence-corrected chi connectivity index (χ4v) is 4.44. The number of amides is 2. The average molecular weight is 483 g/mol. The van der Waals surface area contributed by atoms with Gasteiger partial charge in [0.25, 0.3) is 5.91 Å². The molecule has 3 aromatic rings. The van der Waals surface area contributed by atoms with Crippen molar-refractivity contribution in [3.8, 4) is 0 Å². The van der Waals surface area contributed by atoms with E-state index in [0.29, 0.717) is 18.5 Å². The smallest absolute Gasteiger partial charge is 0.251 e. The van der Waals surface area contributed by atoms with Gasteiger partial charge in [0.2, 0.25) is 5.91 Å². The van der Waals surface area contributed by atoms with Crippen molar-refractivity contribution in [3.05, 3.63) is 64.4 Å². The minimum Gasteiger partial charge on any atom is -0.352 e. The summed E-state index contributed by atoms with van der Waals surface area (Å²) in [5.41, 5.74) is 2.44. The van der Waals surface area contributed by atoms with Gasteiger partial charge in [-0.25, -0.2) is 4.98 Å². The van der Waals surface area contributed by atoms with Crippen LogP contribution < -0.4 is 5.32 Å². The third-order valence-corrected chi connectivity index (χ3v) is 6.42. The molecule has 0 bridgehead atoms. The molecule has 0 aliphatic carbocycles. The number of nitrogens with one attached hydrogen (secondary N) is 1. The number of carbonyl (C=O) groups is 2. The molecular weight excluding hydrogens is 456 g/mol. The minimum absolute atomic E-state index is 0.117. The molecule has 1 aliphatic heterocycles. The topological polar surface area (TPSA) is 67.2 Å². The number of nitrogens with zero attached hydrogens (tertiary/aromatic N) is 3. The molecule has 2 heterocycles. The summed E-state index contributed by atoms with van der Waals surface area (Å²) in [6, 6.07) is 15.4. The Kier molecular flexibility index (Phi) is 6.70. The number of benzene rings is 2. The second-order valence-electron chi connectivity index (χ2n) is 8.05. The third-order valence-electron chi connectivity index (χ3n) is 5.89. The number of likely N-dealkylation sites (tertiary alicyclic amines) is 1. The van der Waals surface area contributed by atoms with E-state index in [1.54, 1.807) is 12.1 Å². The molecule has 2 aromatic carbocycles. The molecule has 4 rings (SSSR count). The monoisotopic (exact) mass is 482 g/mol. The van der Waals surface area contributed by atoms with E-state index in [-0.39, 0.29) is 24.4 Å². The third kappa shape index (κ3) is 4.98. The molecule has 1 unspecified atom stereocenters. The molecule has 0 saturated carbocycles. The SMILES string of the molecule is CC1CCCCN1C(=O)Cn1c(CCNC(=O)c2ccc(Br)cc2)nc2ccccc21. The Balaban J connectivity index is 1.47. The molecule has 1 aromatic heterocycles. The lowest BCUT2D eigenvalue weighted by molar-refractivity contribution is -0.135. The van der Waals surface area contributed by atoms with Crippen molar-refractivity contribution in [2.24, 2.45) is 0 Å². The normalized spacial score (nSPS) is 16.5. The Morgan fingerprint density at radius 1 is 1.13 bits per heavy atom. The van der Waals surface area contributed by atoms with Crippen molar-refractivity contribution in [2.45, 2.75) is 45.2 Å². The highest BCUT2D eigenvalue weighted by atomic mass is 79.9. The molecule has 162 valence electrons. The number of rotatable bonds is 6. The van der Waals surface area contributed by atoms with Crippen molar-refractivity contribution in [1.29, 1.82) is 0 Å². The fraction of sp³-hybridized carbons (Fsp3) is 0.375. The van der Waals surface area contributed by atoms with Crippen LogP contribution in [0.25, 0.3) is 11.0 Å². The highest BCUT2D eigenvalue weighted by molar-refractivity contribution is 9.10. The van der Waals surface area contributed by atoms with Crippen LogP contribution in [-0.4, -0.2) is 45.4 Å². The van der Waals surface area contributed by atoms with Crippen molar-refractivity contribution >= 4 is 38.8 Å². The summed E-state index contributed by atoms with van der Waals surface area (Å²) in [6.45, 7) is 3.68. The van der Waals surface area contributed by atoms with Crippen LogP contribution in [0.5, 0.6) is 0 Å². The lowest BCUT2D eigenvalue weighted by Gasteiger charge is -2.33. The van der Waals surface area contributed by atoms with Crippen molar-refractivity contribution in [1.82, 2.24) is 19.8 Å². The molecule has 1 atom stereocenters. The van der Waals surface area contributed by atoms with E-state index in [2.05, 4.69) is 28.2 Å². The van der Waals surface area contributed by atoms with Gasteiger partial charge in [-0.05, 0) is 62.6 Å². The van der Waals surface area contributed by atoms with Gasteiger partial charge in [0, 0.05) is 35.6 Å². The summed E-state index contributed by atoms with van der Waals surface area (Å²) in [6.07, 6.45) is 3.86. The first-order valence-corrected chi connectivity index (χ1v) is 11.6. The lowest BCUT2D eigenvalue weighted by Crippen LogP contribution is -2.43. The highest BCUT2D eigenvalue weighted by Gasteiger charge is 2.24. The number of fused-ring (bicyclic) bond motifs is 1. The van der Waals surface area contributed by atoms with Gasteiger partial charge < -0.3 is 14.8 Å². The summed E-state index contributed by atoms with van der Waals surface area (Å²) >= 11 is 3.38. The summed E-state index contributed by atoms with van der Waals surface area (Å²) in [5, 5.41) is 2.96. The molecule has 1 N–H and O–H groups in total. The fourth-order valence-electron chi connectivity index (χ4n) is 4.18. The zero-order chi connectivity index (χ0) is 21.8. The number of hydrogen-bond acceptors (Lipinski definition) is 3. The van der Waals surface area contributed by atoms with Crippen LogP contribution in [0, 0.1) is 0 Å². The lowest BCUT2D eigenvalue weighted by atomic mass is 10.0. The summed E-state index contributed by atoms with van der Waals surface area (Å²) in [4.78, 5) is 32.2. The Morgan fingerprint density at radius 3 is 2.68 bits per heavy atom. The first kappa shape index (κ1) is 21.6. The zero-order valence-corrected chi connectivity index (χ0v) is 19.3. The van der Waals surface area contributed by atoms with Crippen LogP contribution in [0.2, 0.25) is 0 Å². The molecule has 0 radical (unpaired) electrons. The molecule has 7 heteroatoms. The number of hydrogen-bond donors (Lipinski definition) is 1. The molecule has 2 amide bonds. The van der Waals surface area contributed by atoms with E-state index in [0.717, 1.165) is 40.7 Å². The van der Waals surface area contributed by atoms with Gasteiger partial charge in [0.1, 0.15) is 12.4 Å². The van der Waals surface area contributed by atoms with Gasteiger partial charge in [-0.15, -0.1) is 0 Å². The van der Waals surface area contributed by atoms with E-state index in [9.17, 15) is 9.59 Å². The minimum atomic E-state index is -0.117. The van der Waals surface area contributed by atoms with Gasteiger partial charge in [-0.2, -0.15) is 0 Å². The van der Waals surface area contributed by atoms with E-state index >= 15 is 0 Å². The van der Waals surface area contributed by atoms with Crippen molar-refractivity contribution in [3.63, 3.8) is 0 Å². The van der Waals surface area contributed by atoms with Gasteiger partial charge in [-0.1, -0.05) is 28.1 Å². The van der Waals surface area contributed by atoms with Gasteiger partial charge >= 0.3 is 0 Å². The molecule has 6 nitrogen and oxygen atoms in total. The quantitative estimate of drug-likeness (QED) is 0.573. The van der Waals surface area contributed by atoms with Gasteiger partial charge in [-0.3, -0.25) is 9.59 Å². The molecule has 1 saturated heterocycles. The maximum absolute atomic E-state index is 13.1. The zero-order valence-electron chi connectivity index (χ0n) is 17.7. The van der Waals surface area contributed by atoms with E-state index < -0.39 is 0 Å². The highest BCUT2D eigenvalue weighted by Crippen LogP contribution is 2.20. The number of aromatic nitrogens is 2. The van der Waals surface area contributed by atoms with Gasteiger partial charge in [0.05, 0.1) is 11.0 Å². The van der Waals surface area contributed by atoms with Crippen LogP contribution in [0.4, 0.5) is 0 Å².